The molecule has 3 heterocycles. The fourth-order valence-electron chi connectivity index (χ4n) is 3.38. The first-order chi connectivity index (χ1) is 11.3. The SMILES string of the molecule is Cc1nc2[nH]c(C(=O)N[C@H]3CCC[Si](C)(C)CC3)cc2c(F)c1Cl. The number of aromatic amines is 1. The van der Waals surface area contributed by atoms with Crippen LogP contribution in [0.1, 0.15) is 35.4 Å². The Morgan fingerprint density at radius 3 is 2.92 bits per heavy atom. The zero-order valence-corrected chi connectivity index (χ0v) is 16.1. The molecule has 0 aromatic carbocycles. The largest absolute Gasteiger partial charge is 0.348 e. The van der Waals surface area contributed by atoms with Crippen LogP contribution in [0, 0.1) is 12.7 Å². The minimum absolute atomic E-state index is 0.00409. The van der Waals surface area contributed by atoms with Crippen LogP contribution in [0.3, 0.4) is 0 Å². The zero-order chi connectivity index (χ0) is 17.5. The molecule has 2 aromatic heterocycles. The van der Waals surface area contributed by atoms with E-state index in [-0.39, 0.29) is 22.4 Å². The first-order valence-electron chi connectivity index (χ1n) is 8.42. The monoisotopic (exact) mass is 367 g/mol. The van der Waals surface area contributed by atoms with Gasteiger partial charge >= 0.3 is 0 Å². The number of rotatable bonds is 2. The second kappa shape index (κ2) is 6.48. The van der Waals surface area contributed by atoms with E-state index in [4.69, 9.17) is 11.6 Å². The Kier molecular flexibility index (Phi) is 4.70. The Labute approximate surface area is 147 Å². The van der Waals surface area contributed by atoms with Gasteiger partial charge in [-0.2, -0.15) is 0 Å². The lowest BCUT2D eigenvalue weighted by molar-refractivity contribution is 0.0930. The van der Waals surface area contributed by atoms with Crippen molar-refractivity contribution in [1.29, 1.82) is 0 Å². The van der Waals surface area contributed by atoms with Crippen LogP contribution in [0.4, 0.5) is 4.39 Å². The maximum absolute atomic E-state index is 14.2. The van der Waals surface area contributed by atoms with E-state index in [9.17, 15) is 9.18 Å². The summed E-state index contributed by atoms with van der Waals surface area (Å²) in [7, 11) is -1.09. The summed E-state index contributed by atoms with van der Waals surface area (Å²) in [5.74, 6) is -0.732. The molecule has 0 aliphatic carbocycles. The highest BCUT2D eigenvalue weighted by Gasteiger charge is 2.27. The fraction of sp³-hybridized carbons (Fsp3) is 0.529. The van der Waals surface area contributed by atoms with E-state index >= 15 is 0 Å². The molecular weight excluding hydrogens is 345 g/mol. The number of pyridine rings is 1. The lowest BCUT2D eigenvalue weighted by Crippen LogP contribution is -2.35. The molecule has 0 bridgehead atoms. The van der Waals surface area contributed by atoms with Crippen LogP contribution < -0.4 is 5.32 Å². The molecule has 7 heteroatoms. The van der Waals surface area contributed by atoms with Gasteiger partial charge in [0.2, 0.25) is 0 Å². The number of H-pyrrole nitrogens is 1. The van der Waals surface area contributed by atoms with Gasteiger partial charge < -0.3 is 10.3 Å². The third kappa shape index (κ3) is 3.49. The minimum Gasteiger partial charge on any atom is -0.348 e. The van der Waals surface area contributed by atoms with Crippen molar-refractivity contribution in [3.8, 4) is 0 Å². The van der Waals surface area contributed by atoms with Gasteiger partial charge in [-0.3, -0.25) is 4.79 Å². The van der Waals surface area contributed by atoms with Gasteiger partial charge in [0.15, 0.2) is 5.82 Å². The fourth-order valence-corrected chi connectivity index (χ4v) is 6.07. The maximum Gasteiger partial charge on any atom is 0.267 e. The molecule has 1 aliphatic rings. The van der Waals surface area contributed by atoms with Crippen LogP contribution in [-0.4, -0.2) is 30.0 Å². The Hall–Kier alpha value is -1.40. The second-order valence-corrected chi connectivity index (χ2v) is 13.2. The molecule has 130 valence electrons. The molecule has 1 aliphatic heterocycles. The van der Waals surface area contributed by atoms with Gasteiger partial charge in [0.25, 0.3) is 5.91 Å². The Balaban J connectivity index is 1.78. The molecule has 2 N–H and O–H groups in total. The van der Waals surface area contributed by atoms with Gasteiger partial charge in [0.05, 0.1) is 16.1 Å². The molecule has 1 fully saturated rings. The number of carbonyl (C=O) groups excluding carboxylic acids is 1. The topological polar surface area (TPSA) is 57.8 Å². The number of fused-ring (bicyclic) bond motifs is 1. The highest BCUT2D eigenvalue weighted by atomic mass is 35.5. The number of halogens is 2. The Bertz CT molecular complexity index is 790. The molecule has 0 saturated carbocycles. The van der Waals surface area contributed by atoms with Crippen molar-refractivity contribution in [2.75, 3.05) is 0 Å². The first kappa shape index (κ1) is 17.4. The molecule has 1 atom stereocenters. The number of nitrogens with zero attached hydrogens (tertiary/aromatic N) is 1. The summed E-state index contributed by atoms with van der Waals surface area (Å²) < 4.78 is 14.2. The number of hydrogen-bond acceptors (Lipinski definition) is 2. The minimum atomic E-state index is -1.09. The predicted octanol–water partition coefficient (Wildman–Crippen LogP) is 4.65. The lowest BCUT2D eigenvalue weighted by atomic mass is 10.1. The van der Waals surface area contributed by atoms with Crippen LogP contribution >= 0.6 is 11.6 Å². The summed E-state index contributed by atoms with van der Waals surface area (Å²) in [6.07, 6.45) is 3.21. The van der Waals surface area contributed by atoms with Crippen LogP contribution in [0.2, 0.25) is 30.2 Å². The second-order valence-electron chi connectivity index (χ2n) is 7.54. The summed E-state index contributed by atoms with van der Waals surface area (Å²) in [6, 6.07) is 4.24. The Morgan fingerprint density at radius 1 is 1.42 bits per heavy atom. The highest BCUT2D eigenvalue weighted by molar-refractivity contribution is 6.77. The summed E-state index contributed by atoms with van der Waals surface area (Å²) in [6.45, 7) is 6.47. The molecule has 1 amide bonds. The quantitative estimate of drug-likeness (QED) is 0.759. The van der Waals surface area contributed by atoms with Crippen molar-refractivity contribution in [2.45, 2.75) is 57.4 Å². The van der Waals surface area contributed by atoms with Crippen LogP contribution in [0.15, 0.2) is 6.07 Å². The van der Waals surface area contributed by atoms with Gasteiger partial charge in [0.1, 0.15) is 11.3 Å². The van der Waals surface area contributed by atoms with Crippen molar-refractivity contribution in [2.24, 2.45) is 0 Å². The summed E-state index contributed by atoms with van der Waals surface area (Å²) in [5, 5.41) is 3.35. The van der Waals surface area contributed by atoms with Crippen LogP contribution in [0.25, 0.3) is 11.0 Å². The first-order valence-corrected chi connectivity index (χ1v) is 12.2. The molecule has 0 spiro atoms. The van der Waals surface area contributed by atoms with Crippen molar-refractivity contribution >= 4 is 36.6 Å². The van der Waals surface area contributed by atoms with Crippen molar-refractivity contribution in [1.82, 2.24) is 15.3 Å². The van der Waals surface area contributed by atoms with Crippen LogP contribution in [-0.2, 0) is 0 Å². The molecule has 2 aromatic rings. The van der Waals surface area contributed by atoms with E-state index in [1.54, 1.807) is 6.92 Å². The third-order valence-corrected chi connectivity index (χ3v) is 8.77. The predicted molar refractivity (Wildman–Crippen MR) is 98.0 cm³/mol. The normalized spacial score (nSPS) is 20.8. The molecule has 24 heavy (non-hydrogen) atoms. The number of amides is 1. The number of carbonyl (C=O) groups is 1. The lowest BCUT2D eigenvalue weighted by Gasteiger charge is -2.19. The van der Waals surface area contributed by atoms with Crippen LogP contribution in [0.5, 0.6) is 0 Å². The number of aromatic nitrogens is 2. The molecule has 4 nitrogen and oxygen atoms in total. The Morgan fingerprint density at radius 2 is 2.17 bits per heavy atom. The average molecular weight is 368 g/mol. The smallest absolute Gasteiger partial charge is 0.267 e. The van der Waals surface area contributed by atoms with E-state index in [1.165, 1.54) is 24.6 Å². The van der Waals surface area contributed by atoms with E-state index in [0.29, 0.717) is 17.0 Å². The van der Waals surface area contributed by atoms with E-state index in [2.05, 4.69) is 28.4 Å². The zero-order valence-electron chi connectivity index (χ0n) is 14.3. The average Bonchev–Trinajstić information content (AvgIpc) is 2.86. The summed E-state index contributed by atoms with van der Waals surface area (Å²) >= 11 is 5.90. The molecule has 0 radical (unpaired) electrons. The number of nitrogens with one attached hydrogen (secondary N) is 2. The highest BCUT2D eigenvalue weighted by Crippen LogP contribution is 2.28. The van der Waals surface area contributed by atoms with E-state index in [0.717, 1.165) is 12.8 Å². The number of hydrogen-bond donors (Lipinski definition) is 2. The maximum atomic E-state index is 14.2. The van der Waals surface area contributed by atoms with Gasteiger partial charge in [-0.15, -0.1) is 0 Å². The van der Waals surface area contributed by atoms with E-state index in [1.807, 2.05) is 0 Å². The van der Waals surface area contributed by atoms with Gasteiger partial charge in [-0.1, -0.05) is 43.2 Å². The molecule has 1 saturated heterocycles. The van der Waals surface area contributed by atoms with E-state index < -0.39 is 13.9 Å². The van der Waals surface area contributed by atoms with Crippen molar-refractivity contribution in [3.05, 3.63) is 28.3 Å². The summed E-state index contributed by atoms with van der Waals surface area (Å²) in [5.41, 5.74) is 1.10. The summed E-state index contributed by atoms with van der Waals surface area (Å²) in [4.78, 5) is 19.7. The van der Waals surface area contributed by atoms with Gasteiger partial charge in [-0.25, -0.2) is 9.37 Å². The third-order valence-electron chi connectivity index (χ3n) is 4.98. The van der Waals surface area contributed by atoms with Crippen molar-refractivity contribution in [3.63, 3.8) is 0 Å². The number of aryl methyl sites for hydroxylation is 1. The van der Waals surface area contributed by atoms with Crippen molar-refractivity contribution < 1.29 is 9.18 Å². The standard InChI is InChI=1S/C17H23ClFN3OSi/c1-10-14(18)15(19)12-9-13(22-16(12)20-10)17(23)21-11-5-4-7-24(2,3)8-6-11/h9,11H,4-8H2,1-3H3,(H,20,22)(H,21,23)/t11-/m0/s1. The molecular formula is C17H23ClFN3OSi. The van der Waals surface area contributed by atoms with Gasteiger partial charge in [-0.05, 0) is 25.8 Å². The molecule has 3 rings (SSSR count). The van der Waals surface area contributed by atoms with Gasteiger partial charge in [0, 0.05) is 14.1 Å². The molecule has 0 unspecified atom stereocenters.